The van der Waals surface area contributed by atoms with Crippen LogP contribution in [0.5, 0.6) is 5.75 Å². The molecule has 3 atom stereocenters. The molecule has 196 valence electrons. The molecule has 0 saturated heterocycles. The predicted molar refractivity (Wildman–Crippen MR) is 136 cm³/mol. The molecule has 2 saturated carbocycles. The van der Waals surface area contributed by atoms with Gasteiger partial charge in [0.05, 0.1) is 23.7 Å². The van der Waals surface area contributed by atoms with Crippen molar-refractivity contribution in [2.45, 2.75) is 64.2 Å². The number of hydrogen-bond donors (Lipinski definition) is 4. The Kier molecular flexibility index (Phi) is 7.10. The Labute approximate surface area is 214 Å². The van der Waals surface area contributed by atoms with Gasteiger partial charge in [-0.1, -0.05) is 11.6 Å². The van der Waals surface area contributed by atoms with Crippen LogP contribution in [0.2, 0.25) is 0 Å². The van der Waals surface area contributed by atoms with Crippen LogP contribution in [0, 0.1) is 19.8 Å². The number of benzene rings is 1. The van der Waals surface area contributed by atoms with Crippen LogP contribution in [0.15, 0.2) is 24.5 Å². The zero-order valence-corrected chi connectivity index (χ0v) is 21.0. The van der Waals surface area contributed by atoms with Gasteiger partial charge >= 0.3 is 0 Å². The van der Waals surface area contributed by atoms with E-state index in [-0.39, 0.29) is 18.4 Å². The van der Waals surface area contributed by atoms with E-state index in [0.29, 0.717) is 53.4 Å². The van der Waals surface area contributed by atoms with Gasteiger partial charge in [0, 0.05) is 23.7 Å². The zero-order chi connectivity index (χ0) is 26.1. The number of ether oxygens (including phenoxy) is 1. The van der Waals surface area contributed by atoms with Crippen molar-refractivity contribution < 1.29 is 23.8 Å². The molecule has 0 bridgehead atoms. The number of nitrogens with one attached hydrogen (secondary N) is 3. The van der Waals surface area contributed by atoms with Crippen molar-refractivity contribution in [3.05, 3.63) is 41.3 Å². The largest absolute Gasteiger partial charge is 0.493 e. The lowest BCUT2D eigenvalue weighted by Gasteiger charge is -2.32. The van der Waals surface area contributed by atoms with Crippen molar-refractivity contribution >= 4 is 22.8 Å². The molecule has 2 aliphatic carbocycles. The molecule has 0 radical (unpaired) electrons. The first-order valence-corrected chi connectivity index (χ1v) is 12.8. The number of nitrogens with zero attached hydrogens (tertiary/aromatic N) is 2. The van der Waals surface area contributed by atoms with E-state index in [9.17, 15) is 14.0 Å². The SMILES string of the molecule is Cc1ccc(OCC2CC2)c(-c2ncnc3c(C(=O)NC4CCC(NC(=O)CO)C(F)C4)c(C)[nH]c23)c1. The predicted octanol–water partition coefficient (Wildman–Crippen LogP) is 3.13. The van der Waals surface area contributed by atoms with E-state index >= 15 is 0 Å². The lowest BCUT2D eigenvalue weighted by atomic mass is 9.89. The molecule has 4 N–H and O–H groups in total. The van der Waals surface area contributed by atoms with Crippen LogP contribution in [0.3, 0.4) is 0 Å². The number of halogens is 1. The molecule has 2 aliphatic rings. The van der Waals surface area contributed by atoms with E-state index < -0.39 is 24.7 Å². The van der Waals surface area contributed by atoms with Crippen LogP contribution in [0.25, 0.3) is 22.3 Å². The quantitative estimate of drug-likeness (QED) is 0.369. The Morgan fingerprint density at radius 3 is 2.70 bits per heavy atom. The van der Waals surface area contributed by atoms with Gasteiger partial charge < -0.3 is 25.5 Å². The number of fused-ring (bicyclic) bond motifs is 1. The normalized spacial score (nSPS) is 21.6. The molecule has 2 fully saturated rings. The Hall–Kier alpha value is -3.53. The molecule has 3 unspecified atom stereocenters. The Balaban J connectivity index is 1.38. The zero-order valence-electron chi connectivity index (χ0n) is 21.0. The molecular weight excluding hydrogens is 477 g/mol. The van der Waals surface area contributed by atoms with E-state index in [0.717, 1.165) is 16.9 Å². The van der Waals surface area contributed by atoms with Crippen LogP contribution in [-0.4, -0.2) is 63.3 Å². The van der Waals surface area contributed by atoms with Crippen molar-refractivity contribution in [2.24, 2.45) is 5.92 Å². The van der Waals surface area contributed by atoms with E-state index in [1.165, 1.54) is 19.2 Å². The Morgan fingerprint density at radius 1 is 1.16 bits per heavy atom. The summed E-state index contributed by atoms with van der Waals surface area (Å²) in [5.41, 5.74) is 4.74. The molecule has 10 heteroatoms. The number of carbonyl (C=O) groups excluding carboxylic acids is 2. The number of H-pyrrole nitrogens is 1. The van der Waals surface area contributed by atoms with Crippen LogP contribution < -0.4 is 15.4 Å². The highest BCUT2D eigenvalue weighted by atomic mass is 19.1. The molecule has 2 heterocycles. The second-order valence-electron chi connectivity index (χ2n) is 10.2. The summed E-state index contributed by atoms with van der Waals surface area (Å²) < 4.78 is 20.8. The number of aliphatic hydroxyl groups is 1. The minimum absolute atomic E-state index is 0.0781. The molecule has 1 aromatic carbocycles. The second kappa shape index (κ2) is 10.5. The van der Waals surface area contributed by atoms with Crippen LogP contribution >= 0.6 is 0 Å². The number of aliphatic hydroxyl groups excluding tert-OH is 1. The minimum Gasteiger partial charge on any atom is -0.493 e. The van der Waals surface area contributed by atoms with Gasteiger partial charge in [-0.25, -0.2) is 14.4 Å². The van der Waals surface area contributed by atoms with Crippen molar-refractivity contribution in [1.29, 1.82) is 0 Å². The highest BCUT2D eigenvalue weighted by Gasteiger charge is 2.33. The maximum absolute atomic E-state index is 14.7. The molecule has 0 aliphatic heterocycles. The fourth-order valence-corrected chi connectivity index (χ4v) is 4.97. The highest BCUT2D eigenvalue weighted by Crippen LogP contribution is 2.37. The average Bonchev–Trinajstić information content (AvgIpc) is 3.64. The molecule has 37 heavy (non-hydrogen) atoms. The Morgan fingerprint density at radius 2 is 1.97 bits per heavy atom. The number of amides is 2. The third kappa shape index (κ3) is 5.44. The highest BCUT2D eigenvalue weighted by molar-refractivity contribution is 6.09. The fourth-order valence-electron chi connectivity index (χ4n) is 4.97. The summed E-state index contributed by atoms with van der Waals surface area (Å²) >= 11 is 0. The monoisotopic (exact) mass is 509 g/mol. The first-order valence-electron chi connectivity index (χ1n) is 12.8. The van der Waals surface area contributed by atoms with Gasteiger partial charge in [0.15, 0.2) is 0 Å². The third-order valence-corrected chi connectivity index (χ3v) is 7.16. The van der Waals surface area contributed by atoms with Gasteiger partial charge in [-0.3, -0.25) is 9.59 Å². The number of aromatic amines is 1. The van der Waals surface area contributed by atoms with Crippen molar-refractivity contribution in [3.63, 3.8) is 0 Å². The topological polar surface area (TPSA) is 129 Å². The number of alkyl halides is 1. The summed E-state index contributed by atoms with van der Waals surface area (Å²) in [5.74, 6) is 0.412. The summed E-state index contributed by atoms with van der Waals surface area (Å²) in [6, 6.07) is 4.94. The van der Waals surface area contributed by atoms with E-state index in [1.54, 1.807) is 6.92 Å². The standard InChI is InChI=1S/C27H32FN5O4/c1-14-3-8-21(37-12-16-4-5-16)18(9-14)24-26-25(30-13-29-24)23(15(2)31-26)27(36)32-17-6-7-20(19(28)10-17)33-22(35)11-34/h3,8-9,13,16-17,19-20,31,34H,4-7,10-12H2,1-2H3,(H,32,36)(H,33,35). The van der Waals surface area contributed by atoms with Crippen LogP contribution in [-0.2, 0) is 4.79 Å². The lowest BCUT2D eigenvalue weighted by Crippen LogP contribution is -2.50. The van der Waals surface area contributed by atoms with Crippen LogP contribution in [0.1, 0.15) is 53.7 Å². The van der Waals surface area contributed by atoms with Gasteiger partial charge in [-0.05, 0) is 57.6 Å². The number of aromatic nitrogens is 3. The molecule has 5 rings (SSSR count). The maximum atomic E-state index is 14.7. The molecule has 9 nitrogen and oxygen atoms in total. The number of carbonyl (C=O) groups is 2. The number of aryl methyl sites for hydroxylation is 2. The summed E-state index contributed by atoms with van der Waals surface area (Å²) in [4.78, 5) is 37.0. The summed E-state index contributed by atoms with van der Waals surface area (Å²) in [6.45, 7) is 3.81. The van der Waals surface area contributed by atoms with E-state index in [1.807, 2.05) is 25.1 Å². The molecule has 0 spiro atoms. The summed E-state index contributed by atoms with van der Waals surface area (Å²) in [7, 11) is 0. The lowest BCUT2D eigenvalue weighted by molar-refractivity contribution is -0.125. The third-order valence-electron chi connectivity index (χ3n) is 7.16. The van der Waals surface area contributed by atoms with Gasteiger partial charge in [-0.15, -0.1) is 0 Å². The average molecular weight is 510 g/mol. The van der Waals surface area contributed by atoms with Crippen molar-refractivity contribution in [3.8, 4) is 17.0 Å². The molecule has 2 aromatic heterocycles. The first-order chi connectivity index (χ1) is 17.8. The number of hydrogen-bond acceptors (Lipinski definition) is 6. The van der Waals surface area contributed by atoms with E-state index in [4.69, 9.17) is 9.84 Å². The molecule has 3 aromatic rings. The molecular formula is C27H32FN5O4. The Bertz CT molecular complexity index is 1320. The first kappa shape index (κ1) is 25.1. The summed E-state index contributed by atoms with van der Waals surface area (Å²) in [6.07, 6.45) is 3.46. The summed E-state index contributed by atoms with van der Waals surface area (Å²) in [5, 5.41) is 14.3. The second-order valence-corrected chi connectivity index (χ2v) is 10.2. The van der Waals surface area contributed by atoms with Gasteiger partial charge in [0.1, 0.15) is 36.1 Å². The maximum Gasteiger partial charge on any atom is 0.255 e. The minimum atomic E-state index is -1.32. The number of rotatable bonds is 8. The van der Waals surface area contributed by atoms with Crippen LogP contribution in [0.4, 0.5) is 4.39 Å². The molecule has 2 amide bonds. The smallest absolute Gasteiger partial charge is 0.255 e. The van der Waals surface area contributed by atoms with Gasteiger partial charge in [0.2, 0.25) is 5.91 Å². The fraction of sp³-hybridized carbons (Fsp3) is 0.481. The van der Waals surface area contributed by atoms with Crippen molar-refractivity contribution in [2.75, 3.05) is 13.2 Å². The van der Waals surface area contributed by atoms with Gasteiger partial charge in [-0.2, -0.15) is 0 Å². The van der Waals surface area contributed by atoms with E-state index in [2.05, 4.69) is 25.6 Å². The van der Waals surface area contributed by atoms with Crippen molar-refractivity contribution in [1.82, 2.24) is 25.6 Å². The van der Waals surface area contributed by atoms with Gasteiger partial charge in [0.25, 0.3) is 5.91 Å².